The molecule has 3 N–H and O–H groups in total. The normalized spacial score (nSPS) is 17.0. The highest BCUT2D eigenvalue weighted by Crippen LogP contribution is 2.32. The lowest BCUT2D eigenvalue weighted by molar-refractivity contribution is -0.127. The number of ether oxygens (including phenoxy) is 1. The molecule has 39 heavy (non-hydrogen) atoms. The molecular weight excluding hydrogens is 518 g/mol. The number of benzene rings is 2. The number of halogens is 1. The highest BCUT2D eigenvalue weighted by molar-refractivity contribution is 6.33. The summed E-state index contributed by atoms with van der Waals surface area (Å²) in [6.45, 7) is 4.99. The highest BCUT2D eigenvalue weighted by atomic mass is 35.5. The third-order valence-electron chi connectivity index (χ3n) is 7.27. The molecule has 1 fully saturated rings. The summed E-state index contributed by atoms with van der Waals surface area (Å²) in [7, 11) is 0. The Balaban J connectivity index is 1.33. The number of anilines is 1. The van der Waals surface area contributed by atoms with Gasteiger partial charge in [-0.25, -0.2) is 9.97 Å². The summed E-state index contributed by atoms with van der Waals surface area (Å²) in [5.74, 6) is -0.264. The summed E-state index contributed by atoms with van der Waals surface area (Å²) >= 11 is 6.46. The van der Waals surface area contributed by atoms with Gasteiger partial charge in [-0.2, -0.15) is 0 Å². The number of fused-ring (bicyclic) bond motifs is 1. The number of aliphatic hydroxyl groups excluding tert-OH is 1. The summed E-state index contributed by atoms with van der Waals surface area (Å²) in [5.41, 5.74) is 4.45. The van der Waals surface area contributed by atoms with Gasteiger partial charge in [-0.05, 0) is 43.9 Å². The molecule has 0 spiro atoms. The minimum Gasteiger partial charge on any atom is -0.394 e. The van der Waals surface area contributed by atoms with Gasteiger partial charge in [-0.15, -0.1) is 0 Å². The van der Waals surface area contributed by atoms with Crippen LogP contribution in [0.15, 0.2) is 48.7 Å². The fourth-order valence-electron chi connectivity index (χ4n) is 5.04. The van der Waals surface area contributed by atoms with Gasteiger partial charge >= 0.3 is 0 Å². The molecule has 2 atom stereocenters. The van der Waals surface area contributed by atoms with Gasteiger partial charge in [0.15, 0.2) is 0 Å². The molecule has 9 nitrogen and oxygen atoms in total. The Labute approximate surface area is 232 Å². The van der Waals surface area contributed by atoms with Crippen molar-refractivity contribution in [1.29, 1.82) is 0 Å². The molecule has 1 aromatic heterocycles. The first kappa shape index (κ1) is 27.1. The zero-order chi connectivity index (χ0) is 27.5. The Hall–Kier alpha value is -3.53. The van der Waals surface area contributed by atoms with Crippen LogP contribution in [0.2, 0.25) is 5.02 Å². The van der Waals surface area contributed by atoms with Crippen molar-refractivity contribution < 1.29 is 19.4 Å². The van der Waals surface area contributed by atoms with E-state index in [4.69, 9.17) is 16.3 Å². The zero-order valence-corrected chi connectivity index (χ0v) is 22.7. The van der Waals surface area contributed by atoms with Gasteiger partial charge in [0.1, 0.15) is 6.04 Å². The molecule has 2 aromatic carbocycles. The minimum atomic E-state index is -1.02. The molecule has 1 saturated heterocycles. The summed E-state index contributed by atoms with van der Waals surface area (Å²) in [5, 5.41) is 16.8. The Morgan fingerprint density at radius 1 is 1.23 bits per heavy atom. The van der Waals surface area contributed by atoms with E-state index in [1.54, 1.807) is 12.3 Å². The summed E-state index contributed by atoms with van der Waals surface area (Å²) < 4.78 is 5.42. The lowest BCUT2D eigenvalue weighted by Gasteiger charge is -2.27. The Morgan fingerprint density at radius 3 is 2.77 bits per heavy atom. The first-order valence-corrected chi connectivity index (χ1v) is 13.5. The lowest BCUT2D eigenvalue weighted by Crippen LogP contribution is -2.49. The molecule has 0 bridgehead atoms. The number of hydrogen-bond donors (Lipinski definition) is 3. The second-order valence-corrected chi connectivity index (χ2v) is 10.5. The van der Waals surface area contributed by atoms with Crippen LogP contribution >= 0.6 is 11.6 Å². The second kappa shape index (κ2) is 11.7. The van der Waals surface area contributed by atoms with Gasteiger partial charge in [0.05, 0.1) is 29.6 Å². The lowest BCUT2D eigenvalue weighted by atomic mass is 10.0. The fraction of sp³-hybridized carbons (Fsp3) is 0.379. The maximum absolute atomic E-state index is 13.4. The number of aliphatic hydroxyl groups is 1. The topological polar surface area (TPSA) is 117 Å². The van der Waals surface area contributed by atoms with Crippen LogP contribution in [0.5, 0.6) is 0 Å². The van der Waals surface area contributed by atoms with Crippen molar-refractivity contribution in [2.45, 2.75) is 51.4 Å². The average Bonchev–Trinajstić information content (AvgIpc) is 3.26. The van der Waals surface area contributed by atoms with E-state index in [2.05, 4.69) is 20.6 Å². The molecule has 3 heterocycles. The third kappa shape index (κ3) is 5.90. The zero-order valence-electron chi connectivity index (χ0n) is 22.0. The van der Waals surface area contributed by atoms with E-state index < -0.39 is 18.6 Å². The number of hydrogen-bond acceptors (Lipinski definition) is 7. The molecule has 0 aliphatic carbocycles. The number of carbonyl (C=O) groups is 2. The number of carbonyl (C=O) groups excluding carboxylic acids is 2. The van der Waals surface area contributed by atoms with Crippen molar-refractivity contribution in [2.24, 2.45) is 0 Å². The van der Waals surface area contributed by atoms with Crippen molar-refractivity contribution in [3.63, 3.8) is 0 Å². The van der Waals surface area contributed by atoms with Crippen molar-refractivity contribution in [3.05, 3.63) is 75.9 Å². The van der Waals surface area contributed by atoms with Crippen LogP contribution in [-0.4, -0.2) is 63.7 Å². The second-order valence-electron chi connectivity index (χ2n) is 10.1. The number of aryl methyl sites for hydroxylation is 1. The predicted octanol–water partition coefficient (Wildman–Crippen LogP) is 3.89. The SMILES string of the molecule is Cc1cccc([C@@H](C)NC(=O)[C@@H](CO)N2Cc3ccc(-c4nc(NC5CCOCC5)ncc4Cl)cc3C2=O)c1. The smallest absolute Gasteiger partial charge is 0.255 e. The van der Waals surface area contributed by atoms with Gasteiger partial charge < -0.3 is 25.4 Å². The van der Waals surface area contributed by atoms with Crippen molar-refractivity contribution >= 4 is 29.4 Å². The van der Waals surface area contributed by atoms with Gasteiger partial charge in [0, 0.05) is 36.9 Å². The van der Waals surface area contributed by atoms with Crippen LogP contribution < -0.4 is 10.6 Å². The Morgan fingerprint density at radius 2 is 2.03 bits per heavy atom. The van der Waals surface area contributed by atoms with Crippen molar-refractivity contribution in [3.8, 4) is 11.3 Å². The van der Waals surface area contributed by atoms with Crippen molar-refractivity contribution in [2.75, 3.05) is 25.1 Å². The number of amides is 2. The number of aromatic nitrogens is 2. The van der Waals surface area contributed by atoms with Gasteiger partial charge in [0.2, 0.25) is 11.9 Å². The molecule has 0 saturated carbocycles. The summed E-state index contributed by atoms with van der Waals surface area (Å²) in [6, 6.07) is 12.2. The van der Waals surface area contributed by atoms with Gasteiger partial charge in [-0.3, -0.25) is 9.59 Å². The highest BCUT2D eigenvalue weighted by Gasteiger charge is 2.37. The van der Waals surface area contributed by atoms with E-state index >= 15 is 0 Å². The van der Waals surface area contributed by atoms with Crippen LogP contribution in [-0.2, 0) is 16.1 Å². The van der Waals surface area contributed by atoms with Crippen LogP contribution in [0, 0.1) is 6.92 Å². The Bertz CT molecular complexity index is 1380. The third-order valence-corrected chi connectivity index (χ3v) is 7.54. The fourth-order valence-corrected chi connectivity index (χ4v) is 5.24. The van der Waals surface area contributed by atoms with Crippen LogP contribution in [0.25, 0.3) is 11.3 Å². The monoisotopic (exact) mass is 549 g/mol. The average molecular weight is 550 g/mol. The largest absolute Gasteiger partial charge is 0.394 e. The van der Waals surface area contributed by atoms with E-state index in [9.17, 15) is 14.7 Å². The van der Waals surface area contributed by atoms with E-state index in [1.165, 1.54) is 4.90 Å². The molecule has 0 unspecified atom stereocenters. The molecule has 5 rings (SSSR count). The van der Waals surface area contributed by atoms with E-state index in [1.807, 2.05) is 50.2 Å². The molecule has 2 amide bonds. The number of nitrogens with zero attached hydrogens (tertiary/aromatic N) is 3. The quantitative estimate of drug-likeness (QED) is 0.390. The maximum atomic E-state index is 13.4. The minimum absolute atomic E-state index is 0.220. The molecule has 2 aliphatic heterocycles. The molecule has 204 valence electrons. The maximum Gasteiger partial charge on any atom is 0.255 e. The van der Waals surface area contributed by atoms with Crippen LogP contribution in [0.4, 0.5) is 5.95 Å². The van der Waals surface area contributed by atoms with Crippen LogP contribution in [0.1, 0.15) is 52.9 Å². The summed E-state index contributed by atoms with van der Waals surface area (Å²) in [6.07, 6.45) is 3.29. The molecule has 10 heteroatoms. The van der Waals surface area contributed by atoms with Crippen molar-refractivity contribution in [1.82, 2.24) is 20.2 Å². The molecule has 2 aliphatic rings. The number of rotatable bonds is 8. The Kier molecular flexibility index (Phi) is 8.11. The number of nitrogens with one attached hydrogen (secondary N) is 2. The van der Waals surface area contributed by atoms with Gasteiger partial charge in [-0.1, -0.05) is 53.6 Å². The van der Waals surface area contributed by atoms with E-state index in [-0.39, 0.29) is 24.5 Å². The first-order chi connectivity index (χ1) is 18.8. The van der Waals surface area contributed by atoms with E-state index in [0.29, 0.717) is 41.0 Å². The first-order valence-electron chi connectivity index (χ1n) is 13.1. The predicted molar refractivity (Wildman–Crippen MR) is 148 cm³/mol. The molecule has 0 radical (unpaired) electrons. The van der Waals surface area contributed by atoms with Gasteiger partial charge in [0.25, 0.3) is 5.91 Å². The van der Waals surface area contributed by atoms with Crippen LogP contribution in [0.3, 0.4) is 0 Å². The van der Waals surface area contributed by atoms with E-state index in [0.717, 1.165) is 29.5 Å². The standard InChI is InChI=1S/C29H32ClN5O4/c1-17-4-3-5-19(12-17)18(2)32-27(37)25(16-36)35-15-21-7-6-20(13-23(21)28(35)38)26-24(30)14-31-29(34-26)33-22-8-10-39-11-9-22/h3-7,12-14,18,22,25,36H,8-11,15-16H2,1-2H3,(H,32,37)(H,31,33,34)/t18-,25-/m1/s1. The molecule has 3 aromatic rings. The molecular formula is C29H32ClN5O4. The summed E-state index contributed by atoms with van der Waals surface area (Å²) in [4.78, 5) is 36.9.